The number of hydrogen-bond donors (Lipinski definition) is 1. The van der Waals surface area contributed by atoms with Gasteiger partial charge in [0, 0.05) is 43.0 Å². The number of likely N-dealkylation sites (tertiary alicyclic amines) is 1. The summed E-state index contributed by atoms with van der Waals surface area (Å²) in [4.78, 5) is 6.91. The molecule has 2 unspecified atom stereocenters. The Hall–Kier alpha value is -1.13. The smallest absolute Gasteiger partial charge is 0.128 e. The molecular formula is C14H23N3O. The Bertz CT molecular complexity index is 423. The van der Waals surface area contributed by atoms with Crippen LogP contribution in [0.4, 0.5) is 0 Å². The molecule has 4 heteroatoms. The number of ether oxygens (including phenoxy) is 1. The van der Waals surface area contributed by atoms with Crippen LogP contribution in [0, 0.1) is 19.8 Å². The highest BCUT2D eigenvalue weighted by Gasteiger charge is 2.27. The van der Waals surface area contributed by atoms with Gasteiger partial charge in [-0.3, -0.25) is 9.88 Å². The molecule has 0 aliphatic carbocycles. The van der Waals surface area contributed by atoms with E-state index in [9.17, 15) is 0 Å². The molecule has 0 aromatic carbocycles. The lowest BCUT2D eigenvalue weighted by Gasteiger charge is -2.18. The number of pyridine rings is 1. The first-order valence-electron chi connectivity index (χ1n) is 6.50. The second-order valence-electron chi connectivity index (χ2n) is 5.38. The molecule has 0 bridgehead atoms. The van der Waals surface area contributed by atoms with E-state index in [-0.39, 0.29) is 6.04 Å². The minimum Gasteiger partial charge on any atom is -0.496 e. The van der Waals surface area contributed by atoms with Gasteiger partial charge in [-0.05, 0) is 19.8 Å². The minimum absolute atomic E-state index is 0.289. The Labute approximate surface area is 109 Å². The molecular weight excluding hydrogens is 226 g/mol. The van der Waals surface area contributed by atoms with Gasteiger partial charge in [0.1, 0.15) is 5.75 Å². The maximum Gasteiger partial charge on any atom is 0.128 e. The van der Waals surface area contributed by atoms with Crippen molar-refractivity contribution in [2.45, 2.75) is 33.4 Å². The summed E-state index contributed by atoms with van der Waals surface area (Å²) >= 11 is 0. The van der Waals surface area contributed by atoms with Crippen molar-refractivity contribution in [3.8, 4) is 5.75 Å². The largest absolute Gasteiger partial charge is 0.496 e. The van der Waals surface area contributed by atoms with E-state index in [1.54, 1.807) is 7.11 Å². The van der Waals surface area contributed by atoms with Crippen molar-refractivity contribution in [3.05, 3.63) is 23.0 Å². The number of nitrogens with zero attached hydrogens (tertiary/aromatic N) is 2. The van der Waals surface area contributed by atoms with Crippen LogP contribution in [0.5, 0.6) is 5.75 Å². The second-order valence-corrected chi connectivity index (χ2v) is 5.38. The highest BCUT2D eigenvalue weighted by Crippen LogP contribution is 2.26. The Morgan fingerprint density at radius 3 is 2.72 bits per heavy atom. The molecule has 1 aliphatic rings. The van der Waals surface area contributed by atoms with Gasteiger partial charge in [-0.25, -0.2) is 0 Å². The number of methoxy groups -OCH3 is 1. The van der Waals surface area contributed by atoms with Crippen molar-refractivity contribution >= 4 is 0 Å². The zero-order valence-electron chi connectivity index (χ0n) is 11.7. The van der Waals surface area contributed by atoms with Gasteiger partial charge in [0.15, 0.2) is 0 Å². The molecule has 2 heterocycles. The van der Waals surface area contributed by atoms with E-state index in [4.69, 9.17) is 10.5 Å². The fraction of sp³-hybridized carbons (Fsp3) is 0.643. The predicted octanol–water partition coefficient (Wildman–Crippen LogP) is 1.49. The molecule has 2 atom stereocenters. The van der Waals surface area contributed by atoms with Crippen molar-refractivity contribution in [2.24, 2.45) is 11.7 Å². The van der Waals surface area contributed by atoms with Crippen molar-refractivity contribution in [2.75, 3.05) is 20.2 Å². The van der Waals surface area contributed by atoms with E-state index in [0.29, 0.717) is 5.92 Å². The lowest BCUT2D eigenvalue weighted by molar-refractivity contribution is 0.312. The predicted molar refractivity (Wildman–Crippen MR) is 72.7 cm³/mol. The van der Waals surface area contributed by atoms with Crippen LogP contribution in [0.1, 0.15) is 23.7 Å². The van der Waals surface area contributed by atoms with Gasteiger partial charge < -0.3 is 10.5 Å². The average molecular weight is 249 g/mol. The molecule has 1 aromatic rings. The minimum atomic E-state index is 0.289. The fourth-order valence-corrected chi connectivity index (χ4v) is 2.67. The first-order valence-corrected chi connectivity index (χ1v) is 6.50. The normalized spacial score (nSPS) is 24.5. The monoisotopic (exact) mass is 249 g/mol. The summed E-state index contributed by atoms with van der Waals surface area (Å²) in [7, 11) is 1.72. The van der Waals surface area contributed by atoms with E-state index >= 15 is 0 Å². The molecule has 0 radical (unpaired) electrons. The first-order chi connectivity index (χ1) is 8.52. The summed E-state index contributed by atoms with van der Waals surface area (Å²) < 4.78 is 5.44. The summed E-state index contributed by atoms with van der Waals surface area (Å²) in [5.41, 5.74) is 9.38. The van der Waals surface area contributed by atoms with Crippen LogP contribution in [0.3, 0.4) is 0 Å². The summed E-state index contributed by atoms with van der Waals surface area (Å²) in [5.74, 6) is 1.52. The number of aromatic nitrogens is 1. The van der Waals surface area contributed by atoms with Gasteiger partial charge >= 0.3 is 0 Å². The summed E-state index contributed by atoms with van der Waals surface area (Å²) in [6, 6.07) is 0.289. The summed E-state index contributed by atoms with van der Waals surface area (Å²) in [6.07, 6.45) is 1.89. The SMILES string of the molecule is COc1c(C)cnc(CN2CC(C)C(N)C2)c1C. The Morgan fingerprint density at radius 2 is 2.17 bits per heavy atom. The average Bonchev–Trinajstić information content (AvgIpc) is 2.63. The lowest BCUT2D eigenvalue weighted by Crippen LogP contribution is -2.28. The van der Waals surface area contributed by atoms with Crippen LogP contribution >= 0.6 is 0 Å². The maximum absolute atomic E-state index is 6.05. The molecule has 0 amide bonds. The van der Waals surface area contributed by atoms with E-state index in [1.807, 2.05) is 13.1 Å². The lowest BCUT2D eigenvalue weighted by atomic mass is 10.1. The number of hydrogen-bond acceptors (Lipinski definition) is 4. The molecule has 4 nitrogen and oxygen atoms in total. The molecule has 2 N–H and O–H groups in total. The van der Waals surface area contributed by atoms with Gasteiger partial charge in [0.05, 0.1) is 12.8 Å². The van der Waals surface area contributed by atoms with Crippen LogP contribution in [0.15, 0.2) is 6.20 Å². The first kappa shape index (κ1) is 13.3. The van der Waals surface area contributed by atoms with Crippen molar-refractivity contribution in [3.63, 3.8) is 0 Å². The molecule has 0 spiro atoms. The number of rotatable bonds is 3. The van der Waals surface area contributed by atoms with E-state index in [0.717, 1.165) is 42.2 Å². The molecule has 100 valence electrons. The van der Waals surface area contributed by atoms with E-state index in [1.165, 1.54) is 0 Å². The third kappa shape index (κ3) is 2.49. The van der Waals surface area contributed by atoms with Crippen molar-refractivity contribution in [1.82, 2.24) is 9.88 Å². The zero-order valence-corrected chi connectivity index (χ0v) is 11.7. The second kappa shape index (κ2) is 5.24. The van der Waals surface area contributed by atoms with Gasteiger partial charge in [-0.2, -0.15) is 0 Å². The van der Waals surface area contributed by atoms with Crippen LogP contribution in [-0.4, -0.2) is 36.1 Å². The molecule has 2 rings (SSSR count). The van der Waals surface area contributed by atoms with Crippen LogP contribution in [-0.2, 0) is 6.54 Å². The quantitative estimate of drug-likeness (QED) is 0.881. The van der Waals surface area contributed by atoms with Gasteiger partial charge in [-0.1, -0.05) is 6.92 Å². The fourth-order valence-electron chi connectivity index (χ4n) is 2.67. The number of aryl methyl sites for hydroxylation is 1. The molecule has 0 saturated carbocycles. The molecule has 1 aliphatic heterocycles. The third-order valence-electron chi connectivity index (χ3n) is 3.87. The standard InChI is InChI=1S/C14H23N3O/c1-9-5-16-13(11(3)14(9)18-4)8-17-6-10(2)12(15)7-17/h5,10,12H,6-8,15H2,1-4H3. The van der Waals surface area contributed by atoms with Crippen LogP contribution in [0.2, 0.25) is 0 Å². The topological polar surface area (TPSA) is 51.4 Å². The van der Waals surface area contributed by atoms with Gasteiger partial charge in [-0.15, -0.1) is 0 Å². The molecule has 1 aromatic heterocycles. The zero-order chi connectivity index (χ0) is 13.3. The molecule has 1 fully saturated rings. The third-order valence-corrected chi connectivity index (χ3v) is 3.87. The molecule has 1 saturated heterocycles. The van der Waals surface area contributed by atoms with E-state index in [2.05, 4.69) is 23.7 Å². The van der Waals surface area contributed by atoms with Crippen molar-refractivity contribution < 1.29 is 4.74 Å². The highest BCUT2D eigenvalue weighted by atomic mass is 16.5. The van der Waals surface area contributed by atoms with Gasteiger partial charge in [0.25, 0.3) is 0 Å². The Balaban J connectivity index is 2.15. The Morgan fingerprint density at radius 1 is 1.44 bits per heavy atom. The van der Waals surface area contributed by atoms with E-state index < -0.39 is 0 Å². The number of nitrogens with two attached hydrogens (primary N) is 1. The summed E-state index contributed by atoms with van der Waals surface area (Å²) in [6.45, 7) is 9.18. The summed E-state index contributed by atoms with van der Waals surface area (Å²) in [5, 5.41) is 0. The highest BCUT2D eigenvalue weighted by molar-refractivity contribution is 5.41. The molecule has 18 heavy (non-hydrogen) atoms. The Kier molecular flexibility index (Phi) is 3.88. The maximum atomic E-state index is 6.05. The van der Waals surface area contributed by atoms with Gasteiger partial charge in [0.2, 0.25) is 0 Å². The van der Waals surface area contributed by atoms with Crippen LogP contribution in [0.25, 0.3) is 0 Å². The van der Waals surface area contributed by atoms with Crippen molar-refractivity contribution in [1.29, 1.82) is 0 Å². The van der Waals surface area contributed by atoms with Crippen LogP contribution < -0.4 is 10.5 Å².